The number of hydrogen-bond acceptors (Lipinski definition) is 5. The number of carbonyl (C=O) groups excluding carboxylic acids is 2. The minimum Gasteiger partial charge on any atom is -0.504 e. The number of aromatic hydroxyl groups is 2. The van der Waals surface area contributed by atoms with E-state index in [1.165, 1.54) is 24.3 Å². The summed E-state index contributed by atoms with van der Waals surface area (Å²) in [7, 11) is 1.65. The number of nitrogens with zero attached hydrogens (tertiary/aromatic N) is 1. The van der Waals surface area contributed by atoms with E-state index in [-0.39, 0.29) is 18.5 Å². The van der Waals surface area contributed by atoms with E-state index in [0.717, 1.165) is 18.2 Å². The monoisotopic (exact) mass is 482 g/mol. The van der Waals surface area contributed by atoms with Gasteiger partial charge in [-0.1, -0.05) is 42.5 Å². The van der Waals surface area contributed by atoms with Crippen LogP contribution in [-0.2, 0) is 21.9 Å². The molecule has 0 saturated carbocycles. The lowest BCUT2D eigenvalue weighted by Gasteiger charge is -2.44. The normalized spacial score (nSPS) is 23.9. The first-order valence-corrected chi connectivity index (χ1v) is 10.9. The summed E-state index contributed by atoms with van der Waals surface area (Å²) in [6.45, 7) is 0.212. The lowest BCUT2D eigenvalue weighted by molar-refractivity contribution is -0.138. The number of Topliss-reactive ketones (excluding diaryl/α,β-unsaturated/α-hetero) is 1. The number of halogens is 3. The van der Waals surface area contributed by atoms with E-state index in [1.807, 2.05) is 0 Å². The molecule has 0 aromatic heterocycles. The van der Waals surface area contributed by atoms with Crippen molar-refractivity contribution >= 4 is 17.4 Å². The summed E-state index contributed by atoms with van der Waals surface area (Å²) in [5.41, 5.74) is -4.17. The van der Waals surface area contributed by atoms with Crippen LogP contribution in [0.2, 0.25) is 0 Å². The number of benzene rings is 3. The first kappa shape index (κ1) is 22.9. The van der Waals surface area contributed by atoms with Crippen molar-refractivity contribution < 1.29 is 33.0 Å². The van der Waals surface area contributed by atoms with E-state index < -0.39 is 51.4 Å². The molecule has 1 spiro atoms. The summed E-state index contributed by atoms with van der Waals surface area (Å²) < 4.78 is 42.0. The van der Waals surface area contributed by atoms with Gasteiger partial charge in [0.1, 0.15) is 5.54 Å². The molecule has 0 bridgehead atoms. The van der Waals surface area contributed by atoms with Crippen molar-refractivity contribution in [3.8, 4) is 11.5 Å². The molecule has 1 fully saturated rings. The molecule has 0 radical (unpaired) electrons. The van der Waals surface area contributed by atoms with E-state index in [4.69, 9.17) is 0 Å². The summed E-state index contributed by atoms with van der Waals surface area (Å²) in [4.78, 5) is 29.9. The maximum Gasteiger partial charge on any atom is 0.417 e. The van der Waals surface area contributed by atoms with Gasteiger partial charge in [-0.3, -0.25) is 14.5 Å². The minimum atomic E-state index is -4.81. The molecule has 2 unspecified atom stereocenters. The predicted molar refractivity (Wildman–Crippen MR) is 121 cm³/mol. The third-order valence-electron chi connectivity index (χ3n) is 7.24. The Kier molecular flexibility index (Phi) is 4.96. The molecule has 0 aliphatic carbocycles. The Labute approximate surface area is 198 Å². The number of likely N-dealkylation sites (N-methyl/N-ethyl adjacent to an activating group) is 1. The number of nitrogens with one attached hydrogen (secondary N) is 1. The number of para-hydroxylation sites is 1. The van der Waals surface area contributed by atoms with Crippen LogP contribution in [-0.4, -0.2) is 40.4 Å². The Hall–Kier alpha value is -3.85. The minimum absolute atomic E-state index is 0.000490. The molecule has 9 heteroatoms. The lowest BCUT2D eigenvalue weighted by atomic mass is 9.59. The zero-order valence-corrected chi connectivity index (χ0v) is 18.6. The van der Waals surface area contributed by atoms with Gasteiger partial charge in [-0.15, -0.1) is 0 Å². The Morgan fingerprint density at radius 3 is 2.40 bits per heavy atom. The number of phenols is 2. The predicted octanol–water partition coefficient (Wildman–Crippen LogP) is 4.42. The fourth-order valence-electron chi connectivity index (χ4n) is 5.76. The number of ketones is 1. The Balaban J connectivity index is 1.89. The van der Waals surface area contributed by atoms with Crippen LogP contribution in [0, 0.1) is 0 Å². The lowest BCUT2D eigenvalue weighted by Crippen LogP contribution is -2.60. The summed E-state index contributed by atoms with van der Waals surface area (Å²) in [6, 6.07) is 14.9. The molecule has 2 aliphatic rings. The van der Waals surface area contributed by atoms with Gasteiger partial charge in [-0.05, 0) is 43.3 Å². The molecule has 3 aromatic rings. The van der Waals surface area contributed by atoms with Gasteiger partial charge in [0.05, 0.1) is 11.0 Å². The standard InChI is InChI=1S/C26H21F3N2O4/c1-31-13-12-24(15-10-11-20(32)21(33)14-15,22(34)16-6-2-3-7-17(16)26(27,28)29)25(31)18-8-4-5-9-19(18)30-23(25)35/h2-11,14,32-33H,12-13H2,1H3,(H,30,35). The van der Waals surface area contributed by atoms with Crippen LogP contribution in [0.1, 0.15) is 33.5 Å². The van der Waals surface area contributed by atoms with E-state index in [1.54, 1.807) is 36.2 Å². The smallest absolute Gasteiger partial charge is 0.417 e. The Bertz CT molecular complexity index is 1370. The summed E-state index contributed by atoms with van der Waals surface area (Å²) in [6.07, 6.45) is -4.81. The molecule has 3 aromatic carbocycles. The van der Waals surface area contributed by atoms with E-state index >= 15 is 0 Å². The van der Waals surface area contributed by atoms with Crippen molar-refractivity contribution in [1.29, 1.82) is 0 Å². The molecule has 35 heavy (non-hydrogen) atoms. The molecule has 5 rings (SSSR count). The van der Waals surface area contributed by atoms with Crippen LogP contribution < -0.4 is 5.32 Å². The fraction of sp³-hybridized carbons (Fsp3) is 0.231. The maximum atomic E-state index is 14.4. The first-order valence-electron chi connectivity index (χ1n) is 10.9. The van der Waals surface area contributed by atoms with Gasteiger partial charge in [0, 0.05) is 23.4 Å². The van der Waals surface area contributed by atoms with Crippen LogP contribution in [0.15, 0.2) is 66.7 Å². The van der Waals surface area contributed by atoms with Gasteiger partial charge in [0.15, 0.2) is 17.3 Å². The molecular formula is C26H21F3N2O4. The number of phenolic OH excluding ortho intramolecular Hbond substituents is 2. The summed E-state index contributed by atoms with van der Waals surface area (Å²) >= 11 is 0. The van der Waals surface area contributed by atoms with Crippen molar-refractivity contribution in [2.75, 3.05) is 18.9 Å². The molecule has 2 aliphatic heterocycles. The van der Waals surface area contributed by atoms with Crippen LogP contribution in [0.25, 0.3) is 0 Å². The van der Waals surface area contributed by atoms with Crippen LogP contribution in [0.3, 0.4) is 0 Å². The number of anilines is 1. The molecule has 2 atom stereocenters. The highest BCUT2D eigenvalue weighted by Gasteiger charge is 2.70. The summed E-state index contributed by atoms with van der Waals surface area (Å²) in [5.74, 6) is -2.45. The molecule has 2 heterocycles. The topological polar surface area (TPSA) is 89.9 Å². The maximum absolute atomic E-state index is 14.4. The third-order valence-corrected chi connectivity index (χ3v) is 7.24. The number of rotatable bonds is 3. The van der Waals surface area contributed by atoms with Gasteiger partial charge in [0.2, 0.25) is 0 Å². The van der Waals surface area contributed by atoms with E-state index in [0.29, 0.717) is 11.3 Å². The Morgan fingerprint density at radius 1 is 1.00 bits per heavy atom. The number of carbonyl (C=O) groups is 2. The zero-order valence-electron chi connectivity index (χ0n) is 18.6. The first-order chi connectivity index (χ1) is 16.5. The molecule has 1 saturated heterocycles. The van der Waals surface area contributed by atoms with Gasteiger partial charge in [-0.2, -0.15) is 13.2 Å². The van der Waals surface area contributed by atoms with Gasteiger partial charge >= 0.3 is 6.18 Å². The second-order valence-electron chi connectivity index (χ2n) is 8.86. The van der Waals surface area contributed by atoms with Crippen molar-refractivity contribution in [3.63, 3.8) is 0 Å². The van der Waals surface area contributed by atoms with Crippen LogP contribution in [0.5, 0.6) is 11.5 Å². The number of likely N-dealkylation sites (tertiary alicyclic amines) is 1. The highest BCUT2D eigenvalue weighted by molar-refractivity contribution is 6.16. The second-order valence-corrected chi connectivity index (χ2v) is 8.86. The second kappa shape index (κ2) is 7.58. The molecule has 180 valence electrons. The number of fused-ring (bicyclic) bond motifs is 2. The van der Waals surface area contributed by atoms with E-state index in [9.17, 15) is 33.0 Å². The largest absolute Gasteiger partial charge is 0.504 e. The third kappa shape index (κ3) is 2.94. The van der Waals surface area contributed by atoms with Crippen LogP contribution >= 0.6 is 0 Å². The van der Waals surface area contributed by atoms with Crippen molar-refractivity contribution in [3.05, 3.63) is 89.0 Å². The van der Waals surface area contributed by atoms with Crippen LogP contribution in [0.4, 0.5) is 18.9 Å². The highest BCUT2D eigenvalue weighted by Crippen LogP contribution is 2.60. The Morgan fingerprint density at radius 2 is 1.69 bits per heavy atom. The van der Waals surface area contributed by atoms with Gasteiger partial charge < -0.3 is 15.5 Å². The van der Waals surface area contributed by atoms with E-state index in [2.05, 4.69) is 5.32 Å². The SMILES string of the molecule is CN1CCC(C(=O)c2ccccc2C(F)(F)F)(c2ccc(O)c(O)c2)C12C(=O)Nc1ccccc12. The number of hydrogen-bond donors (Lipinski definition) is 3. The average Bonchev–Trinajstić information content (AvgIpc) is 3.31. The summed E-state index contributed by atoms with van der Waals surface area (Å²) in [5, 5.41) is 23.0. The molecule has 1 amide bonds. The number of alkyl halides is 3. The number of amides is 1. The van der Waals surface area contributed by atoms with Crippen molar-refractivity contribution in [1.82, 2.24) is 4.90 Å². The molecule has 3 N–H and O–H groups in total. The van der Waals surface area contributed by atoms with Gasteiger partial charge in [0.25, 0.3) is 5.91 Å². The average molecular weight is 482 g/mol. The van der Waals surface area contributed by atoms with Crippen molar-refractivity contribution in [2.24, 2.45) is 0 Å². The van der Waals surface area contributed by atoms with Crippen molar-refractivity contribution in [2.45, 2.75) is 23.6 Å². The zero-order chi connectivity index (χ0) is 25.2. The van der Waals surface area contributed by atoms with Gasteiger partial charge in [-0.25, -0.2) is 0 Å². The molecular weight excluding hydrogens is 461 g/mol. The quantitative estimate of drug-likeness (QED) is 0.380. The molecule has 6 nitrogen and oxygen atoms in total. The highest BCUT2D eigenvalue weighted by atomic mass is 19.4. The fourth-order valence-corrected chi connectivity index (χ4v) is 5.76.